The summed E-state index contributed by atoms with van der Waals surface area (Å²) in [6.45, 7) is 4.20. The Morgan fingerprint density at radius 3 is 2.66 bits per heavy atom. The van der Waals surface area contributed by atoms with Gasteiger partial charge in [-0.3, -0.25) is 9.59 Å². The van der Waals surface area contributed by atoms with E-state index in [4.69, 9.17) is 14.0 Å². The highest BCUT2D eigenvalue weighted by Crippen LogP contribution is 2.20. The van der Waals surface area contributed by atoms with Crippen LogP contribution in [-0.2, 0) is 35.4 Å². The number of anilines is 1. The molecule has 12 nitrogen and oxygen atoms in total. The topological polar surface area (TPSA) is 159 Å². The lowest BCUT2D eigenvalue weighted by Gasteiger charge is -2.05. The number of amides is 2. The van der Waals surface area contributed by atoms with Crippen molar-refractivity contribution in [3.05, 3.63) is 40.4 Å². The molecule has 0 saturated heterocycles. The molecule has 0 atom stereocenters. The number of aromatic nitrogens is 2. The number of carbonyl (C=O) groups excluding carboxylic acids is 3. The third kappa shape index (κ3) is 7.07. The second kappa shape index (κ2) is 11.4. The van der Waals surface area contributed by atoms with Crippen LogP contribution in [0.1, 0.15) is 23.0 Å². The fraction of sp³-hybridized carbons (Fsp3) is 0.381. The number of aryl methyl sites for hydroxylation is 1. The number of hydrogen-bond acceptors (Lipinski definition) is 10. The van der Waals surface area contributed by atoms with Gasteiger partial charge in [0.25, 0.3) is 5.91 Å². The Hall–Kier alpha value is -3.36. The van der Waals surface area contributed by atoms with Crippen LogP contribution < -0.4 is 10.1 Å². The number of fused-ring (bicyclic) bond motifs is 1. The van der Waals surface area contributed by atoms with Gasteiger partial charge in [-0.25, -0.2) is 13.2 Å². The van der Waals surface area contributed by atoms with E-state index in [2.05, 4.69) is 15.5 Å². The van der Waals surface area contributed by atoms with E-state index < -0.39 is 39.1 Å². The van der Waals surface area contributed by atoms with Gasteiger partial charge in [0, 0.05) is 19.7 Å². The van der Waals surface area contributed by atoms with Gasteiger partial charge in [0.2, 0.25) is 5.91 Å². The summed E-state index contributed by atoms with van der Waals surface area (Å²) in [4.78, 5) is 40.8. The molecule has 1 aromatic carbocycles. The average Bonchev–Trinajstić information content (AvgIpc) is 3.32. The van der Waals surface area contributed by atoms with Gasteiger partial charge in [0.15, 0.2) is 20.5 Å². The van der Waals surface area contributed by atoms with Crippen molar-refractivity contribution in [2.45, 2.75) is 20.4 Å². The zero-order valence-corrected chi connectivity index (χ0v) is 20.9. The molecule has 1 N–H and O–H groups in total. The molecule has 0 aliphatic heterocycles. The average molecular weight is 525 g/mol. The van der Waals surface area contributed by atoms with Crippen LogP contribution in [0.5, 0.6) is 0 Å². The molecule has 0 bridgehead atoms. The number of sulfone groups is 1. The summed E-state index contributed by atoms with van der Waals surface area (Å²) in [5.41, 5.74) is 1.03. The third-order valence-electron chi connectivity index (χ3n) is 4.52. The van der Waals surface area contributed by atoms with E-state index in [1.807, 2.05) is 0 Å². The first-order valence-corrected chi connectivity index (χ1v) is 13.1. The normalized spacial score (nSPS) is 12.1. The van der Waals surface area contributed by atoms with Crippen LogP contribution in [0, 0.1) is 6.92 Å². The summed E-state index contributed by atoms with van der Waals surface area (Å²) >= 11 is 1.12. The summed E-state index contributed by atoms with van der Waals surface area (Å²) in [6, 6.07) is 6.35. The Morgan fingerprint density at radius 2 is 2.00 bits per heavy atom. The molecule has 0 aliphatic rings. The smallest absolute Gasteiger partial charge is 0.338 e. The second-order valence-corrected chi connectivity index (χ2v) is 10.4. The third-order valence-corrected chi connectivity index (χ3v) is 6.95. The minimum absolute atomic E-state index is 0.0744. The highest BCUT2D eigenvalue weighted by molar-refractivity contribution is 7.92. The predicted octanol–water partition coefficient (Wildman–Crippen LogP) is 1.30. The standard InChI is InChI=1S/C21H24N4O8S2/c1-4-32-20(28)14-5-6-15-16(10-14)34-21(25(15)7-8-31-3)23-19(27)12-35(29,30)11-18(26)22-17-9-13(2)33-24-17/h5-6,9-10H,4,7-8,11-12H2,1-3H3,(H,22,24,26). The van der Waals surface area contributed by atoms with Gasteiger partial charge in [-0.2, -0.15) is 4.99 Å². The lowest BCUT2D eigenvalue weighted by Crippen LogP contribution is -2.28. The summed E-state index contributed by atoms with van der Waals surface area (Å²) in [6.07, 6.45) is 0. The van der Waals surface area contributed by atoms with Crippen LogP contribution in [-0.4, -0.2) is 67.8 Å². The quantitative estimate of drug-likeness (QED) is 0.386. The molecule has 3 aromatic rings. The summed E-state index contributed by atoms with van der Waals surface area (Å²) in [5, 5.41) is 5.85. The number of carbonyl (C=O) groups is 3. The molecule has 35 heavy (non-hydrogen) atoms. The number of thiazole rings is 1. The Bertz CT molecular complexity index is 1420. The van der Waals surface area contributed by atoms with Crippen molar-refractivity contribution in [1.82, 2.24) is 9.72 Å². The Balaban J connectivity index is 1.82. The largest absolute Gasteiger partial charge is 0.462 e. The minimum atomic E-state index is -4.10. The SMILES string of the molecule is CCOC(=O)c1ccc2c(c1)sc(=NC(=O)CS(=O)(=O)CC(=O)Nc1cc(C)on1)n2CCOC. The Kier molecular flexibility index (Phi) is 8.53. The van der Waals surface area contributed by atoms with Gasteiger partial charge in [-0.1, -0.05) is 16.5 Å². The molecular weight excluding hydrogens is 500 g/mol. The van der Waals surface area contributed by atoms with Crippen LogP contribution >= 0.6 is 11.3 Å². The lowest BCUT2D eigenvalue weighted by molar-refractivity contribution is -0.115. The van der Waals surface area contributed by atoms with Crippen molar-refractivity contribution in [2.24, 2.45) is 4.99 Å². The molecule has 188 valence electrons. The van der Waals surface area contributed by atoms with E-state index in [0.29, 0.717) is 34.7 Å². The van der Waals surface area contributed by atoms with Crippen molar-refractivity contribution in [3.63, 3.8) is 0 Å². The van der Waals surface area contributed by atoms with Crippen LogP contribution in [0.15, 0.2) is 33.8 Å². The van der Waals surface area contributed by atoms with Gasteiger partial charge in [-0.05, 0) is 32.0 Å². The van der Waals surface area contributed by atoms with Crippen LogP contribution in [0.25, 0.3) is 10.2 Å². The fourth-order valence-electron chi connectivity index (χ4n) is 3.08. The molecule has 0 aliphatic carbocycles. The molecule has 0 spiro atoms. The first-order valence-electron chi connectivity index (χ1n) is 10.4. The zero-order chi connectivity index (χ0) is 25.6. The maximum atomic E-state index is 12.5. The maximum absolute atomic E-state index is 12.5. The monoisotopic (exact) mass is 524 g/mol. The number of rotatable bonds is 10. The molecule has 2 heterocycles. The number of benzene rings is 1. The molecule has 2 aromatic heterocycles. The Labute approximate surface area is 204 Å². The molecule has 14 heteroatoms. The van der Waals surface area contributed by atoms with Crippen LogP contribution in [0.3, 0.4) is 0 Å². The van der Waals surface area contributed by atoms with Crippen LogP contribution in [0.4, 0.5) is 5.82 Å². The fourth-order valence-corrected chi connectivity index (χ4v) is 5.21. The first-order chi connectivity index (χ1) is 16.6. The molecule has 0 unspecified atom stereocenters. The molecule has 3 rings (SSSR count). The Morgan fingerprint density at radius 1 is 1.23 bits per heavy atom. The van der Waals surface area contributed by atoms with Crippen molar-refractivity contribution in [2.75, 3.05) is 37.1 Å². The highest BCUT2D eigenvalue weighted by Gasteiger charge is 2.22. The lowest BCUT2D eigenvalue weighted by atomic mass is 10.2. The first kappa shape index (κ1) is 26.2. The molecule has 0 saturated carbocycles. The van der Waals surface area contributed by atoms with Gasteiger partial charge >= 0.3 is 5.97 Å². The number of nitrogens with one attached hydrogen (secondary N) is 1. The van der Waals surface area contributed by atoms with Crippen molar-refractivity contribution in [3.8, 4) is 0 Å². The minimum Gasteiger partial charge on any atom is -0.462 e. The van der Waals surface area contributed by atoms with Crippen molar-refractivity contribution in [1.29, 1.82) is 0 Å². The predicted molar refractivity (Wildman–Crippen MR) is 127 cm³/mol. The summed E-state index contributed by atoms with van der Waals surface area (Å²) < 4.78 is 42.1. The van der Waals surface area contributed by atoms with E-state index >= 15 is 0 Å². The molecule has 2 amide bonds. The van der Waals surface area contributed by atoms with E-state index in [1.54, 1.807) is 36.6 Å². The van der Waals surface area contributed by atoms with Gasteiger partial charge in [0.1, 0.15) is 17.3 Å². The van der Waals surface area contributed by atoms with Gasteiger partial charge in [-0.15, -0.1) is 0 Å². The van der Waals surface area contributed by atoms with E-state index in [0.717, 1.165) is 11.3 Å². The van der Waals surface area contributed by atoms with E-state index in [1.165, 1.54) is 13.2 Å². The van der Waals surface area contributed by atoms with E-state index in [-0.39, 0.29) is 17.2 Å². The molecule has 0 fully saturated rings. The van der Waals surface area contributed by atoms with Crippen molar-refractivity contribution < 1.29 is 36.8 Å². The van der Waals surface area contributed by atoms with Crippen LogP contribution in [0.2, 0.25) is 0 Å². The maximum Gasteiger partial charge on any atom is 0.338 e. The number of ether oxygens (including phenoxy) is 2. The number of hydrogen-bond donors (Lipinski definition) is 1. The molecule has 0 radical (unpaired) electrons. The summed E-state index contributed by atoms with van der Waals surface area (Å²) in [7, 11) is -2.58. The second-order valence-electron chi connectivity index (χ2n) is 7.34. The number of esters is 1. The number of nitrogens with zero attached hydrogens (tertiary/aromatic N) is 3. The zero-order valence-electron chi connectivity index (χ0n) is 19.3. The van der Waals surface area contributed by atoms with Gasteiger partial charge < -0.3 is 23.9 Å². The number of methoxy groups -OCH3 is 1. The highest BCUT2D eigenvalue weighted by atomic mass is 32.2. The molecular formula is C21H24N4O8S2. The van der Waals surface area contributed by atoms with E-state index in [9.17, 15) is 22.8 Å². The van der Waals surface area contributed by atoms with Gasteiger partial charge in [0.05, 0.1) is 29.0 Å². The summed E-state index contributed by atoms with van der Waals surface area (Å²) in [5.74, 6) is -3.62. The van der Waals surface area contributed by atoms with Crippen molar-refractivity contribution >= 4 is 55.0 Å².